The van der Waals surface area contributed by atoms with E-state index >= 15 is 0 Å². The van der Waals surface area contributed by atoms with Crippen LogP contribution < -0.4 is 4.74 Å². The van der Waals surface area contributed by atoms with Crippen LogP contribution in [-0.4, -0.2) is 50.1 Å². The summed E-state index contributed by atoms with van der Waals surface area (Å²) in [6.45, 7) is 1.78. The largest absolute Gasteiger partial charge is 0.493 e. The second-order valence-electron chi connectivity index (χ2n) is 6.82. The van der Waals surface area contributed by atoms with E-state index in [0.717, 1.165) is 38.2 Å². The van der Waals surface area contributed by atoms with Crippen LogP contribution in [0.1, 0.15) is 30.4 Å². The molecule has 5 heteroatoms. The smallest absolute Gasteiger partial charge is 0.151 e. The lowest BCUT2D eigenvalue weighted by atomic mass is 10.1. The molecule has 0 bridgehead atoms. The van der Waals surface area contributed by atoms with E-state index in [4.69, 9.17) is 4.74 Å². The van der Waals surface area contributed by atoms with E-state index in [2.05, 4.69) is 23.1 Å². The van der Waals surface area contributed by atoms with Gasteiger partial charge in [0.15, 0.2) is 9.84 Å². The van der Waals surface area contributed by atoms with Crippen LogP contribution in [0.2, 0.25) is 0 Å². The van der Waals surface area contributed by atoms with E-state index in [1.165, 1.54) is 24.0 Å². The highest BCUT2D eigenvalue weighted by Crippen LogP contribution is 2.32. The molecule has 22 heavy (non-hydrogen) atoms. The van der Waals surface area contributed by atoms with Crippen molar-refractivity contribution >= 4 is 9.84 Å². The van der Waals surface area contributed by atoms with Crippen molar-refractivity contribution in [2.75, 3.05) is 24.7 Å². The van der Waals surface area contributed by atoms with E-state index < -0.39 is 9.84 Å². The van der Waals surface area contributed by atoms with E-state index in [1.54, 1.807) is 0 Å². The minimum Gasteiger partial charge on any atom is -0.493 e. The topological polar surface area (TPSA) is 46.6 Å². The summed E-state index contributed by atoms with van der Waals surface area (Å²) in [5.41, 5.74) is 2.66. The van der Waals surface area contributed by atoms with Crippen LogP contribution in [0.4, 0.5) is 0 Å². The molecular weight excluding hydrogens is 298 g/mol. The summed E-state index contributed by atoms with van der Waals surface area (Å²) in [4.78, 5) is 2.47. The van der Waals surface area contributed by atoms with Crippen LogP contribution in [0, 0.1) is 0 Å². The maximum atomic E-state index is 11.8. The molecule has 0 N–H and O–H groups in total. The quantitative estimate of drug-likeness (QED) is 0.830. The molecule has 1 atom stereocenters. The summed E-state index contributed by atoms with van der Waals surface area (Å²) < 4.78 is 29.1. The van der Waals surface area contributed by atoms with E-state index in [-0.39, 0.29) is 6.04 Å². The highest BCUT2D eigenvalue weighted by Gasteiger charge is 2.39. The Morgan fingerprint density at radius 1 is 1.18 bits per heavy atom. The second-order valence-corrected chi connectivity index (χ2v) is 9.05. The van der Waals surface area contributed by atoms with Gasteiger partial charge < -0.3 is 4.74 Å². The van der Waals surface area contributed by atoms with Crippen molar-refractivity contribution in [2.45, 2.75) is 44.2 Å². The molecule has 2 aliphatic heterocycles. The fourth-order valence-electron chi connectivity index (χ4n) is 3.76. The third-order valence-corrected chi connectivity index (χ3v) is 6.86. The molecule has 120 valence electrons. The number of ether oxygens (including phenoxy) is 1. The van der Waals surface area contributed by atoms with Gasteiger partial charge in [0, 0.05) is 25.0 Å². The predicted molar refractivity (Wildman–Crippen MR) is 86.1 cm³/mol. The van der Waals surface area contributed by atoms with Crippen LogP contribution in [0.15, 0.2) is 18.2 Å². The lowest BCUT2D eigenvalue weighted by molar-refractivity contribution is 0.204. The highest BCUT2D eigenvalue weighted by atomic mass is 32.2. The third-order valence-electron chi connectivity index (χ3n) is 5.11. The Morgan fingerprint density at radius 2 is 2.05 bits per heavy atom. The molecule has 1 saturated heterocycles. The van der Waals surface area contributed by atoms with Gasteiger partial charge in [-0.05, 0) is 42.9 Å². The summed E-state index contributed by atoms with van der Waals surface area (Å²) >= 11 is 0. The van der Waals surface area contributed by atoms with Crippen LogP contribution in [0.25, 0.3) is 0 Å². The zero-order valence-corrected chi connectivity index (χ0v) is 13.6. The summed E-state index contributed by atoms with van der Waals surface area (Å²) in [7, 11) is -2.80. The summed E-state index contributed by atoms with van der Waals surface area (Å²) in [6.07, 6.45) is 5.29. The molecule has 0 unspecified atom stereocenters. The molecule has 1 aliphatic carbocycles. The number of hydrogen-bond acceptors (Lipinski definition) is 4. The number of rotatable bonds is 5. The van der Waals surface area contributed by atoms with E-state index in [0.29, 0.717) is 17.5 Å². The Morgan fingerprint density at radius 3 is 2.77 bits per heavy atom. The fraction of sp³-hybridized carbons (Fsp3) is 0.647. The van der Waals surface area contributed by atoms with Gasteiger partial charge in [0.05, 0.1) is 18.1 Å². The molecule has 0 radical (unpaired) electrons. The first-order valence-electron chi connectivity index (χ1n) is 8.31. The highest BCUT2D eigenvalue weighted by molar-refractivity contribution is 7.91. The molecule has 2 heterocycles. The number of fused-ring (bicyclic) bond motifs is 1. The molecule has 1 aromatic rings. The lowest BCUT2D eigenvalue weighted by Gasteiger charge is -2.28. The summed E-state index contributed by atoms with van der Waals surface area (Å²) in [5, 5.41) is 0. The van der Waals surface area contributed by atoms with Crippen molar-refractivity contribution in [3.63, 3.8) is 0 Å². The first-order valence-corrected chi connectivity index (χ1v) is 10.1. The van der Waals surface area contributed by atoms with Crippen molar-refractivity contribution in [2.24, 2.45) is 0 Å². The van der Waals surface area contributed by atoms with Crippen molar-refractivity contribution in [3.8, 4) is 5.75 Å². The monoisotopic (exact) mass is 321 g/mol. The minimum absolute atomic E-state index is 0.246. The van der Waals surface area contributed by atoms with Gasteiger partial charge >= 0.3 is 0 Å². The Hall–Kier alpha value is -1.07. The molecule has 1 aromatic carbocycles. The Labute approximate surface area is 132 Å². The van der Waals surface area contributed by atoms with Crippen molar-refractivity contribution in [1.29, 1.82) is 0 Å². The van der Waals surface area contributed by atoms with Gasteiger partial charge in [0.2, 0.25) is 0 Å². The third kappa shape index (κ3) is 3.01. The summed E-state index contributed by atoms with van der Waals surface area (Å²) in [6, 6.07) is 7.37. The van der Waals surface area contributed by atoms with Gasteiger partial charge in [-0.2, -0.15) is 0 Å². The summed E-state index contributed by atoms with van der Waals surface area (Å²) in [5.74, 6) is 1.77. The fourth-order valence-corrected chi connectivity index (χ4v) is 5.50. The standard InChI is InChI=1S/C17H23NO3S/c19-22(20)10-7-16(12-22)18(15-2-3-15)8-5-13-1-4-17-14(11-13)6-9-21-17/h1,4,11,15-16H,2-3,5-10,12H2/t16-/m1/s1. The first kappa shape index (κ1) is 14.5. The van der Waals surface area contributed by atoms with Crippen molar-refractivity contribution in [3.05, 3.63) is 29.3 Å². The maximum Gasteiger partial charge on any atom is 0.151 e. The minimum atomic E-state index is -2.80. The van der Waals surface area contributed by atoms with E-state index in [1.807, 2.05) is 0 Å². The molecule has 0 amide bonds. The zero-order chi connectivity index (χ0) is 15.2. The normalized spacial score (nSPS) is 26.1. The van der Waals surface area contributed by atoms with Crippen molar-refractivity contribution in [1.82, 2.24) is 4.90 Å². The average Bonchev–Trinajstić information content (AvgIpc) is 3.10. The molecule has 3 aliphatic rings. The molecule has 2 fully saturated rings. The van der Waals surface area contributed by atoms with Crippen LogP contribution in [-0.2, 0) is 22.7 Å². The average molecular weight is 321 g/mol. The molecule has 1 saturated carbocycles. The van der Waals surface area contributed by atoms with Crippen LogP contribution in [0.3, 0.4) is 0 Å². The molecule has 4 rings (SSSR count). The molecule has 4 nitrogen and oxygen atoms in total. The Balaban J connectivity index is 1.42. The first-order chi connectivity index (χ1) is 10.6. The van der Waals surface area contributed by atoms with Gasteiger partial charge in [-0.25, -0.2) is 8.42 Å². The number of sulfone groups is 1. The van der Waals surface area contributed by atoms with Crippen LogP contribution in [0.5, 0.6) is 5.75 Å². The van der Waals surface area contributed by atoms with Gasteiger partial charge in [0.25, 0.3) is 0 Å². The maximum absolute atomic E-state index is 11.8. The lowest BCUT2D eigenvalue weighted by Crippen LogP contribution is -2.39. The molecule has 0 aromatic heterocycles. The van der Waals surface area contributed by atoms with Gasteiger partial charge in [-0.15, -0.1) is 0 Å². The molecule has 0 spiro atoms. The zero-order valence-electron chi connectivity index (χ0n) is 12.8. The van der Waals surface area contributed by atoms with Crippen LogP contribution >= 0.6 is 0 Å². The Kier molecular flexibility index (Phi) is 3.65. The Bertz CT molecular complexity index is 666. The molecular formula is C17H23NO3S. The number of nitrogens with zero attached hydrogens (tertiary/aromatic N) is 1. The van der Waals surface area contributed by atoms with Gasteiger partial charge in [-0.3, -0.25) is 4.90 Å². The number of benzene rings is 1. The van der Waals surface area contributed by atoms with Gasteiger partial charge in [0.1, 0.15) is 5.75 Å². The predicted octanol–water partition coefficient (Wildman–Crippen LogP) is 1.82. The second kappa shape index (κ2) is 5.53. The van der Waals surface area contributed by atoms with Crippen molar-refractivity contribution < 1.29 is 13.2 Å². The van der Waals surface area contributed by atoms with E-state index in [9.17, 15) is 8.42 Å². The van der Waals surface area contributed by atoms with Gasteiger partial charge in [-0.1, -0.05) is 12.1 Å². The number of hydrogen-bond donors (Lipinski definition) is 0. The SMILES string of the molecule is O=S1(=O)CC[C@@H](N(CCc2ccc3c(c2)CCO3)C2CC2)C1.